The van der Waals surface area contributed by atoms with Crippen LogP contribution in [0.15, 0.2) is 155 Å². The molecular formula is C40H24N4O2. The lowest BCUT2D eigenvalue weighted by molar-refractivity contribution is 0.569. The Balaban J connectivity index is 1.36. The van der Waals surface area contributed by atoms with Gasteiger partial charge in [-0.1, -0.05) is 84.9 Å². The molecule has 46 heavy (non-hydrogen) atoms. The molecule has 216 valence electrons. The van der Waals surface area contributed by atoms with Gasteiger partial charge in [0, 0.05) is 11.1 Å². The molecule has 0 saturated carbocycles. The maximum atomic E-state index is 5.62. The molecule has 6 heteroatoms. The van der Waals surface area contributed by atoms with Crippen LogP contribution in [0.5, 0.6) is 0 Å². The van der Waals surface area contributed by atoms with Crippen molar-refractivity contribution in [2.24, 2.45) is 0 Å². The molecule has 9 rings (SSSR count). The Labute approximate surface area is 263 Å². The lowest BCUT2D eigenvalue weighted by Gasteiger charge is -2.18. The largest absolute Gasteiger partial charge is 0.442 e. The van der Waals surface area contributed by atoms with Crippen LogP contribution in [0.4, 0.5) is 0 Å². The smallest absolute Gasteiger partial charge is 0.181 e. The minimum atomic E-state index is 0.623. The second-order valence-corrected chi connectivity index (χ2v) is 11.2. The van der Waals surface area contributed by atoms with Crippen LogP contribution in [-0.2, 0) is 0 Å². The van der Waals surface area contributed by atoms with Gasteiger partial charge in [-0.2, -0.15) is 0 Å². The van der Waals surface area contributed by atoms with E-state index in [0.717, 1.165) is 66.6 Å². The summed E-state index contributed by atoms with van der Waals surface area (Å²) < 4.78 is 11.2. The van der Waals surface area contributed by atoms with Crippen LogP contribution in [0.2, 0.25) is 0 Å². The SMILES string of the molecule is c1cc(-c2cnco2)nc(-c2c3ccccc3c(-c3cccc(-c4cnco4)n3)c3cc(-c4ccc5ccccc5c4)ccc23)c1. The van der Waals surface area contributed by atoms with Gasteiger partial charge in [0.25, 0.3) is 0 Å². The lowest BCUT2D eigenvalue weighted by Crippen LogP contribution is -1.95. The quantitative estimate of drug-likeness (QED) is 0.185. The van der Waals surface area contributed by atoms with E-state index in [4.69, 9.17) is 18.8 Å². The van der Waals surface area contributed by atoms with Crippen LogP contribution >= 0.6 is 0 Å². The molecule has 0 spiro atoms. The second-order valence-electron chi connectivity index (χ2n) is 11.2. The highest BCUT2D eigenvalue weighted by Gasteiger charge is 2.20. The summed E-state index contributed by atoms with van der Waals surface area (Å²) in [5, 5.41) is 6.73. The minimum absolute atomic E-state index is 0.623. The first-order valence-electron chi connectivity index (χ1n) is 15.0. The number of hydrogen-bond donors (Lipinski definition) is 0. The van der Waals surface area contributed by atoms with Crippen molar-refractivity contribution in [2.75, 3.05) is 0 Å². The number of hydrogen-bond acceptors (Lipinski definition) is 6. The molecule has 0 fully saturated rings. The number of pyridine rings is 2. The van der Waals surface area contributed by atoms with Crippen LogP contribution in [-0.4, -0.2) is 19.9 Å². The van der Waals surface area contributed by atoms with Crippen molar-refractivity contribution in [3.8, 4) is 56.6 Å². The van der Waals surface area contributed by atoms with Gasteiger partial charge in [0.2, 0.25) is 0 Å². The van der Waals surface area contributed by atoms with Crippen LogP contribution in [0.1, 0.15) is 0 Å². The highest BCUT2D eigenvalue weighted by molar-refractivity contribution is 6.21. The van der Waals surface area contributed by atoms with Gasteiger partial charge in [-0.25, -0.2) is 19.9 Å². The average molecular weight is 593 g/mol. The summed E-state index contributed by atoms with van der Waals surface area (Å²) in [5.74, 6) is 1.25. The number of rotatable bonds is 5. The van der Waals surface area contributed by atoms with E-state index < -0.39 is 0 Å². The van der Waals surface area contributed by atoms with Crippen molar-refractivity contribution in [2.45, 2.75) is 0 Å². The molecule has 0 atom stereocenters. The van der Waals surface area contributed by atoms with Gasteiger partial charge >= 0.3 is 0 Å². The highest BCUT2D eigenvalue weighted by atomic mass is 16.3. The third kappa shape index (κ3) is 4.35. The second kappa shape index (κ2) is 10.6. The van der Waals surface area contributed by atoms with Gasteiger partial charge in [-0.15, -0.1) is 0 Å². The number of nitrogens with zero attached hydrogens (tertiary/aromatic N) is 4. The van der Waals surface area contributed by atoms with Crippen LogP contribution in [0.25, 0.3) is 88.9 Å². The Hall–Kier alpha value is -6.40. The summed E-state index contributed by atoms with van der Waals surface area (Å²) >= 11 is 0. The molecule has 0 saturated heterocycles. The maximum Gasteiger partial charge on any atom is 0.181 e. The molecule has 0 aliphatic carbocycles. The van der Waals surface area contributed by atoms with E-state index in [0.29, 0.717) is 11.5 Å². The van der Waals surface area contributed by atoms with Crippen LogP contribution in [0, 0.1) is 0 Å². The van der Waals surface area contributed by atoms with E-state index in [-0.39, 0.29) is 0 Å². The maximum absolute atomic E-state index is 5.62. The summed E-state index contributed by atoms with van der Waals surface area (Å²) in [6.07, 6.45) is 6.24. The fourth-order valence-corrected chi connectivity index (χ4v) is 6.39. The Bertz CT molecular complexity index is 2540. The topological polar surface area (TPSA) is 77.8 Å². The zero-order valence-electron chi connectivity index (χ0n) is 24.5. The van der Waals surface area contributed by atoms with Crippen LogP contribution < -0.4 is 0 Å². The molecule has 0 aliphatic rings. The molecule has 0 unspecified atom stereocenters. The molecule has 5 aromatic carbocycles. The first-order valence-corrected chi connectivity index (χ1v) is 15.0. The first-order chi connectivity index (χ1) is 22.8. The van der Waals surface area contributed by atoms with Gasteiger partial charge in [0.05, 0.1) is 23.8 Å². The van der Waals surface area contributed by atoms with Gasteiger partial charge in [-0.05, 0) is 79.8 Å². The van der Waals surface area contributed by atoms with Gasteiger partial charge in [-0.3, -0.25) is 0 Å². The molecule has 0 bridgehead atoms. The predicted molar refractivity (Wildman–Crippen MR) is 182 cm³/mol. The summed E-state index contributed by atoms with van der Waals surface area (Å²) in [5.41, 5.74) is 7.51. The minimum Gasteiger partial charge on any atom is -0.442 e. The number of fused-ring (bicyclic) bond motifs is 3. The standard InChI is InChI=1S/C40H24N4O2/c1-2-8-26-19-27(16-15-25(26)7-1)28-17-18-31-32(20-28)40(36-14-6-12-34(44-36)38-22-42-24-46-38)30-10-4-3-9-29(30)39(31)35-13-5-11-33(43-35)37-21-41-23-45-37/h1-24H. The van der Waals surface area contributed by atoms with Crippen molar-refractivity contribution >= 4 is 32.3 Å². The van der Waals surface area contributed by atoms with E-state index in [2.05, 4.69) is 107 Å². The molecule has 0 aliphatic heterocycles. The first kappa shape index (κ1) is 26.0. The van der Waals surface area contributed by atoms with E-state index in [1.807, 2.05) is 24.3 Å². The van der Waals surface area contributed by atoms with Gasteiger partial charge in [0.15, 0.2) is 24.3 Å². The fraction of sp³-hybridized carbons (Fsp3) is 0. The Kier molecular flexibility index (Phi) is 6.03. The van der Waals surface area contributed by atoms with Crippen molar-refractivity contribution in [3.63, 3.8) is 0 Å². The predicted octanol–water partition coefficient (Wildman–Crippen LogP) is 10.2. The summed E-state index contributed by atoms with van der Waals surface area (Å²) in [6.45, 7) is 0. The Morgan fingerprint density at radius 3 is 1.54 bits per heavy atom. The monoisotopic (exact) mass is 592 g/mol. The van der Waals surface area contributed by atoms with Crippen molar-refractivity contribution in [1.29, 1.82) is 0 Å². The third-order valence-electron chi connectivity index (χ3n) is 8.49. The molecule has 0 radical (unpaired) electrons. The average Bonchev–Trinajstić information content (AvgIpc) is 3.86. The molecule has 4 heterocycles. The van der Waals surface area contributed by atoms with E-state index in [1.54, 1.807) is 12.4 Å². The van der Waals surface area contributed by atoms with E-state index in [9.17, 15) is 0 Å². The normalized spacial score (nSPS) is 11.5. The number of aromatic nitrogens is 4. The van der Waals surface area contributed by atoms with Crippen LogP contribution in [0.3, 0.4) is 0 Å². The Morgan fingerprint density at radius 1 is 0.391 bits per heavy atom. The highest BCUT2D eigenvalue weighted by Crippen LogP contribution is 2.44. The molecule has 4 aromatic heterocycles. The number of benzene rings is 5. The lowest BCUT2D eigenvalue weighted by atomic mass is 9.87. The Morgan fingerprint density at radius 2 is 0.913 bits per heavy atom. The summed E-state index contributed by atoms with van der Waals surface area (Å²) in [4.78, 5) is 18.4. The van der Waals surface area contributed by atoms with Crippen molar-refractivity contribution < 1.29 is 8.83 Å². The zero-order valence-corrected chi connectivity index (χ0v) is 24.5. The van der Waals surface area contributed by atoms with E-state index >= 15 is 0 Å². The van der Waals surface area contributed by atoms with Crippen molar-refractivity contribution in [3.05, 3.63) is 147 Å². The molecule has 9 aromatic rings. The molecular weight excluding hydrogens is 568 g/mol. The van der Waals surface area contributed by atoms with Crippen molar-refractivity contribution in [1.82, 2.24) is 19.9 Å². The molecule has 0 N–H and O–H groups in total. The molecule has 6 nitrogen and oxygen atoms in total. The summed E-state index contributed by atoms with van der Waals surface area (Å²) in [6, 6.07) is 42.3. The van der Waals surface area contributed by atoms with Gasteiger partial charge in [0.1, 0.15) is 11.4 Å². The zero-order chi connectivity index (χ0) is 30.5. The van der Waals surface area contributed by atoms with E-state index in [1.165, 1.54) is 23.6 Å². The molecule has 0 amide bonds. The van der Waals surface area contributed by atoms with Gasteiger partial charge < -0.3 is 8.83 Å². The fourth-order valence-electron chi connectivity index (χ4n) is 6.39. The number of oxazole rings is 2. The third-order valence-corrected chi connectivity index (χ3v) is 8.49. The summed E-state index contributed by atoms with van der Waals surface area (Å²) in [7, 11) is 0.